The molecule has 0 fully saturated rings. The molecule has 0 rings (SSSR count). The fraction of sp³-hybridized carbons (Fsp3) is 0.600. The molecule has 0 amide bonds. The molecule has 0 aliphatic carbocycles. The van der Waals surface area contributed by atoms with E-state index < -0.39 is 33.5 Å². The molecular formula is C10H12Br2O8Zn. The summed E-state index contributed by atoms with van der Waals surface area (Å²) in [5, 5.41) is 19.8. The van der Waals surface area contributed by atoms with Gasteiger partial charge in [0.15, 0.2) is 0 Å². The number of carboxylic acid groups (broad SMARTS) is 2. The van der Waals surface area contributed by atoms with Gasteiger partial charge in [0.25, 0.3) is 0 Å². The maximum Gasteiger partial charge on any atom is 2.00 e. The van der Waals surface area contributed by atoms with Gasteiger partial charge in [0.05, 0.1) is 14.2 Å². The second kappa shape index (κ2) is 14.4. The first-order valence-corrected chi connectivity index (χ1v) is 6.82. The third-order valence-electron chi connectivity index (χ3n) is 1.61. The van der Waals surface area contributed by atoms with Gasteiger partial charge in [-0.1, -0.05) is 31.9 Å². The van der Waals surface area contributed by atoms with E-state index in [9.17, 15) is 29.4 Å². The molecule has 0 bridgehead atoms. The van der Waals surface area contributed by atoms with Crippen LogP contribution in [-0.2, 0) is 48.1 Å². The molecule has 21 heavy (non-hydrogen) atoms. The Balaban J connectivity index is -0.000000295. The number of hydrogen-bond donors (Lipinski definition) is 0. The molecule has 0 N–H and O–H groups in total. The molecule has 0 saturated heterocycles. The molecule has 2 unspecified atom stereocenters. The first-order chi connectivity index (χ1) is 9.15. The molecule has 0 aromatic carbocycles. The summed E-state index contributed by atoms with van der Waals surface area (Å²) in [4.78, 5) is 39.1. The molecule has 2 atom stereocenters. The molecular weight excluding hydrogens is 473 g/mol. The van der Waals surface area contributed by atoms with E-state index in [1.165, 1.54) is 14.2 Å². The van der Waals surface area contributed by atoms with Crippen molar-refractivity contribution in [1.29, 1.82) is 0 Å². The Labute approximate surface area is 150 Å². The Morgan fingerprint density at radius 3 is 1.24 bits per heavy atom. The number of methoxy groups -OCH3 is 2. The molecule has 116 valence electrons. The van der Waals surface area contributed by atoms with Crippen molar-refractivity contribution in [3.05, 3.63) is 0 Å². The van der Waals surface area contributed by atoms with Crippen molar-refractivity contribution in [2.45, 2.75) is 22.5 Å². The molecule has 0 aromatic heterocycles. The number of halogens is 2. The number of alkyl halides is 2. The topological polar surface area (TPSA) is 133 Å². The van der Waals surface area contributed by atoms with Gasteiger partial charge in [-0.3, -0.25) is 9.59 Å². The minimum Gasteiger partial charge on any atom is -0.550 e. The fourth-order valence-electron chi connectivity index (χ4n) is 0.715. The summed E-state index contributed by atoms with van der Waals surface area (Å²) in [6.45, 7) is 0. The molecule has 0 aliphatic heterocycles. The van der Waals surface area contributed by atoms with E-state index in [1.54, 1.807) is 0 Å². The van der Waals surface area contributed by atoms with Crippen molar-refractivity contribution in [2.24, 2.45) is 0 Å². The number of hydrogen-bond acceptors (Lipinski definition) is 8. The smallest absolute Gasteiger partial charge is 0.550 e. The van der Waals surface area contributed by atoms with Crippen molar-refractivity contribution in [2.75, 3.05) is 14.2 Å². The number of carbonyl (C=O) groups is 4. The van der Waals surface area contributed by atoms with E-state index >= 15 is 0 Å². The summed E-state index contributed by atoms with van der Waals surface area (Å²) in [5.41, 5.74) is 0. The number of aliphatic carboxylic acids is 2. The van der Waals surface area contributed by atoms with Crippen LogP contribution in [0.2, 0.25) is 0 Å². The van der Waals surface area contributed by atoms with Crippen LogP contribution in [0.15, 0.2) is 0 Å². The number of ether oxygens (including phenoxy) is 2. The third kappa shape index (κ3) is 15.7. The van der Waals surface area contributed by atoms with Gasteiger partial charge in [-0.2, -0.15) is 0 Å². The zero-order valence-corrected chi connectivity index (χ0v) is 17.4. The number of esters is 2. The number of rotatable bonds is 6. The SMILES string of the molecule is COC(=O)C(Br)CC(=O)[O-].COC(=O)C(Br)CC(=O)[O-].[Zn+2]. The first kappa shape index (κ1) is 25.4. The van der Waals surface area contributed by atoms with Crippen LogP contribution in [-0.4, -0.2) is 47.8 Å². The molecule has 0 saturated carbocycles. The maximum atomic E-state index is 10.5. The van der Waals surface area contributed by atoms with E-state index in [4.69, 9.17) is 0 Å². The summed E-state index contributed by atoms with van der Waals surface area (Å²) in [5.74, 6) is -3.78. The van der Waals surface area contributed by atoms with Crippen LogP contribution >= 0.6 is 31.9 Å². The van der Waals surface area contributed by atoms with Crippen LogP contribution < -0.4 is 10.2 Å². The van der Waals surface area contributed by atoms with Gasteiger partial charge in [-0.05, 0) is 0 Å². The number of carboxylic acids is 2. The third-order valence-corrected chi connectivity index (χ3v) is 3.00. The molecule has 0 radical (unpaired) electrons. The zero-order chi connectivity index (χ0) is 16.3. The van der Waals surface area contributed by atoms with Gasteiger partial charge in [-0.25, -0.2) is 0 Å². The average Bonchev–Trinajstić information content (AvgIpc) is 2.35. The van der Waals surface area contributed by atoms with Crippen LogP contribution in [0.1, 0.15) is 12.8 Å². The molecule has 0 spiro atoms. The van der Waals surface area contributed by atoms with E-state index in [-0.39, 0.29) is 32.3 Å². The van der Waals surface area contributed by atoms with Gasteiger partial charge in [0, 0.05) is 24.8 Å². The molecule has 0 aliphatic rings. The average molecular weight is 485 g/mol. The Morgan fingerprint density at radius 1 is 0.857 bits per heavy atom. The molecule has 0 heterocycles. The Morgan fingerprint density at radius 2 is 1.10 bits per heavy atom. The normalized spacial score (nSPS) is 11.6. The summed E-state index contributed by atoms with van der Waals surface area (Å²) in [6.07, 6.45) is -0.737. The summed E-state index contributed by atoms with van der Waals surface area (Å²) < 4.78 is 8.47. The van der Waals surface area contributed by atoms with Gasteiger partial charge in [0.2, 0.25) is 0 Å². The van der Waals surface area contributed by atoms with E-state index in [0.29, 0.717) is 0 Å². The maximum absolute atomic E-state index is 10.5. The van der Waals surface area contributed by atoms with E-state index in [1.807, 2.05) is 0 Å². The summed E-state index contributed by atoms with van der Waals surface area (Å²) >= 11 is 5.62. The largest absolute Gasteiger partial charge is 2.00 e. The fourth-order valence-corrected chi connectivity index (χ4v) is 1.62. The predicted molar refractivity (Wildman–Crippen MR) is 68.7 cm³/mol. The van der Waals surface area contributed by atoms with E-state index in [0.717, 1.165) is 0 Å². The Bertz CT molecular complexity index is 329. The monoisotopic (exact) mass is 482 g/mol. The summed E-state index contributed by atoms with van der Waals surface area (Å²) in [7, 11) is 2.37. The zero-order valence-electron chi connectivity index (χ0n) is 11.3. The van der Waals surface area contributed by atoms with Crippen molar-refractivity contribution in [1.82, 2.24) is 0 Å². The van der Waals surface area contributed by atoms with Crippen molar-refractivity contribution >= 4 is 55.7 Å². The van der Waals surface area contributed by atoms with Crippen molar-refractivity contribution < 1.29 is 58.3 Å². The standard InChI is InChI=1S/2C5H7BrO4.Zn/c2*1-10-5(9)3(6)2-4(7)8;/h2*3H,2H2,1H3,(H,7,8);/q;;+2/p-2. The summed E-state index contributed by atoms with van der Waals surface area (Å²) in [6, 6.07) is 0. The van der Waals surface area contributed by atoms with Gasteiger partial charge in [-0.15, -0.1) is 0 Å². The van der Waals surface area contributed by atoms with Crippen LogP contribution in [0, 0.1) is 0 Å². The Hall–Kier alpha value is -0.537. The quantitative estimate of drug-likeness (QED) is 0.243. The van der Waals surface area contributed by atoms with Gasteiger partial charge >= 0.3 is 31.4 Å². The van der Waals surface area contributed by atoms with Crippen LogP contribution in [0.5, 0.6) is 0 Å². The van der Waals surface area contributed by atoms with Crippen molar-refractivity contribution in [3.8, 4) is 0 Å². The minimum atomic E-state index is -1.28. The van der Waals surface area contributed by atoms with Crippen molar-refractivity contribution in [3.63, 3.8) is 0 Å². The second-order valence-electron chi connectivity index (χ2n) is 3.13. The predicted octanol–water partition coefficient (Wildman–Crippen LogP) is -1.88. The van der Waals surface area contributed by atoms with Gasteiger partial charge < -0.3 is 29.3 Å². The molecule has 8 nitrogen and oxygen atoms in total. The minimum absolute atomic E-state index is 0. The second-order valence-corrected chi connectivity index (χ2v) is 5.34. The van der Waals surface area contributed by atoms with Crippen LogP contribution in [0.4, 0.5) is 0 Å². The van der Waals surface area contributed by atoms with Crippen LogP contribution in [0.3, 0.4) is 0 Å². The first-order valence-electron chi connectivity index (χ1n) is 4.99. The molecule has 0 aromatic rings. The van der Waals surface area contributed by atoms with Crippen LogP contribution in [0.25, 0.3) is 0 Å². The van der Waals surface area contributed by atoms with E-state index in [2.05, 4.69) is 41.3 Å². The van der Waals surface area contributed by atoms with Gasteiger partial charge in [0.1, 0.15) is 9.65 Å². The number of carbonyl (C=O) groups excluding carboxylic acids is 4. The molecule has 11 heteroatoms. The Kier molecular flexibility index (Phi) is 17.4.